The number of nitrogens with one attached hydrogen (secondary N) is 2. The molecule has 2 heterocycles. The number of fused-ring (bicyclic) bond motifs is 1. The molecule has 0 aliphatic rings. The predicted octanol–water partition coefficient (Wildman–Crippen LogP) is 2.14. The van der Waals surface area contributed by atoms with E-state index in [0.717, 1.165) is 10.6 Å². The zero-order chi connectivity index (χ0) is 20.1. The number of alkyl halides is 3. The van der Waals surface area contributed by atoms with E-state index in [1.165, 1.54) is 6.20 Å². The number of carbonyl (C=O) groups excluding carboxylic acids is 1. The fourth-order valence-electron chi connectivity index (χ4n) is 2.61. The molecule has 0 aliphatic heterocycles. The molecule has 0 saturated carbocycles. The molecule has 1 amide bonds. The van der Waals surface area contributed by atoms with Crippen molar-refractivity contribution in [2.45, 2.75) is 18.8 Å². The van der Waals surface area contributed by atoms with E-state index in [4.69, 9.17) is 0 Å². The van der Waals surface area contributed by atoms with Crippen LogP contribution in [0.1, 0.15) is 15.9 Å². The Balaban J connectivity index is 1.70. The Morgan fingerprint density at radius 1 is 1.11 bits per heavy atom. The van der Waals surface area contributed by atoms with Crippen LogP contribution >= 0.6 is 0 Å². The molecule has 6 nitrogen and oxygen atoms in total. The fourth-order valence-corrected chi connectivity index (χ4v) is 2.61. The van der Waals surface area contributed by atoms with Crippen LogP contribution in [0.5, 0.6) is 0 Å². The molecule has 0 radical (unpaired) electrons. The predicted molar refractivity (Wildman–Crippen MR) is 96.9 cm³/mol. The van der Waals surface area contributed by atoms with Gasteiger partial charge in [-0.25, -0.2) is 4.98 Å². The summed E-state index contributed by atoms with van der Waals surface area (Å²) in [5, 5.41) is 4.56. The lowest BCUT2D eigenvalue weighted by molar-refractivity contribution is -0.154. The lowest BCUT2D eigenvalue weighted by Crippen LogP contribution is -2.50. The smallest absolute Gasteiger partial charge is 0.350 e. The Morgan fingerprint density at radius 2 is 1.82 bits per heavy atom. The van der Waals surface area contributed by atoms with Gasteiger partial charge in [0.05, 0.1) is 0 Å². The van der Waals surface area contributed by atoms with Gasteiger partial charge in [-0.05, 0) is 17.7 Å². The zero-order valence-electron chi connectivity index (χ0n) is 14.6. The number of benzene rings is 1. The van der Waals surface area contributed by atoms with Gasteiger partial charge in [0, 0.05) is 25.5 Å². The topological polar surface area (TPSA) is 75.5 Å². The van der Waals surface area contributed by atoms with Gasteiger partial charge >= 0.3 is 6.18 Å². The minimum absolute atomic E-state index is 0.0128. The van der Waals surface area contributed by atoms with Gasteiger partial charge in [0.15, 0.2) is 0 Å². The van der Waals surface area contributed by atoms with Gasteiger partial charge in [-0.3, -0.25) is 14.0 Å². The highest BCUT2D eigenvalue weighted by atomic mass is 19.4. The number of halogens is 3. The molecule has 3 rings (SSSR count). The van der Waals surface area contributed by atoms with E-state index >= 15 is 0 Å². The van der Waals surface area contributed by atoms with Crippen LogP contribution < -0.4 is 16.2 Å². The second-order valence-corrected chi connectivity index (χ2v) is 6.08. The van der Waals surface area contributed by atoms with Crippen molar-refractivity contribution in [2.24, 2.45) is 0 Å². The number of hydrogen-bond acceptors (Lipinski definition) is 4. The average molecular weight is 390 g/mol. The lowest BCUT2D eigenvalue weighted by Gasteiger charge is -2.22. The normalized spacial score (nSPS) is 12.7. The van der Waals surface area contributed by atoms with Gasteiger partial charge in [0.2, 0.25) is 0 Å². The maximum Gasteiger partial charge on any atom is 0.405 e. The minimum Gasteiger partial charge on any atom is -0.350 e. The first-order valence-electron chi connectivity index (χ1n) is 8.45. The zero-order valence-corrected chi connectivity index (χ0v) is 14.6. The standard InChI is InChI=1S/C19H17F3N4O2/c20-19(21,22)15(23-10-13-6-2-1-3-7-13)12-25-17(27)14-11-24-16-8-4-5-9-26(16)18(14)28/h1-9,11,15,23H,10,12H2,(H,25,27)/t15-/m0/s1. The summed E-state index contributed by atoms with van der Waals surface area (Å²) in [4.78, 5) is 28.6. The number of carbonyl (C=O) groups is 1. The summed E-state index contributed by atoms with van der Waals surface area (Å²) in [6.07, 6.45) is -2.08. The van der Waals surface area contributed by atoms with Gasteiger partial charge in [0.1, 0.15) is 17.3 Å². The minimum atomic E-state index is -4.57. The summed E-state index contributed by atoms with van der Waals surface area (Å²) >= 11 is 0. The summed E-state index contributed by atoms with van der Waals surface area (Å²) in [6, 6.07) is 11.5. The number of rotatable bonds is 6. The molecule has 28 heavy (non-hydrogen) atoms. The van der Waals surface area contributed by atoms with Crippen molar-refractivity contribution in [2.75, 3.05) is 6.54 Å². The summed E-state index contributed by atoms with van der Waals surface area (Å²) < 4.78 is 41.0. The number of nitrogens with zero attached hydrogens (tertiary/aromatic N) is 2. The Labute approximate surface area is 158 Å². The molecule has 2 aromatic heterocycles. The third-order valence-corrected chi connectivity index (χ3v) is 4.12. The molecule has 0 unspecified atom stereocenters. The van der Waals surface area contributed by atoms with Crippen molar-refractivity contribution in [1.82, 2.24) is 20.0 Å². The fraction of sp³-hybridized carbons (Fsp3) is 0.211. The molecule has 0 aliphatic carbocycles. The first kappa shape index (κ1) is 19.6. The van der Waals surface area contributed by atoms with Crippen molar-refractivity contribution in [3.8, 4) is 0 Å². The first-order valence-corrected chi connectivity index (χ1v) is 8.45. The van der Waals surface area contributed by atoms with Crippen LogP contribution in [-0.4, -0.2) is 34.1 Å². The highest BCUT2D eigenvalue weighted by molar-refractivity contribution is 5.93. The Kier molecular flexibility index (Phi) is 5.74. The second kappa shape index (κ2) is 8.22. The number of hydrogen-bond donors (Lipinski definition) is 2. The lowest BCUT2D eigenvalue weighted by atomic mass is 10.2. The highest BCUT2D eigenvalue weighted by Gasteiger charge is 2.39. The maximum atomic E-state index is 13.3. The van der Waals surface area contributed by atoms with E-state index < -0.39 is 30.2 Å². The van der Waals surface area contributed by atoms with E-state index in [1.807, 2.05) is 0 Å². The monoisotopic (exact) mass is 390 g/mol. The van der Waals surface area contributed by atoms with Gasteiger partial charge in [-0.15, -0.1) is 0 Å². The van der Waals surface area contributed by atoms with E-state index in [0.29, 0.717) is 11.2 Å². The number of aromatic nitrogens is 2. The maximum absolute atomic E-state index is 13.3. The number of amides is 1. The van der Waals surface area contributed by atoms with Crippen LogP contribution in [0.2, 0.25) is 0 Å². The van der Waals surface area contributed by atoms with Crippen LogP contribution in [0, 0.1) is 0 Å². The Morgan fingerprint density at radius 3 is 2.54 bits per heavy atom. The van der Waals surface area contributed by atoms with Crippen LogP contribution in [-0.2, 0) is 6.54 Å². The van der Waals surface area contributed by atoms with Crippen LogP contribution in [0.15, 0.2) is 65.7 Å². The summed E-state index contributed by atoms with van der Waals surface area (Å²) in [5.74, 6) is -0.911. The van der Waals surface area contributed by atoms with Gasteiger partial charge < -0.3 is 10.6 Å². The summed E-state index contributed by atoms with van der Waals surface area (Å²) in [6.45, 7) is -0.729. The molecule has 9 heteroatoms. The first-order chi connectivity index (χ1) is 13.4. The summed E-state index contributed by atoms with van der Waals surface area (Å²) in [5.41, 5.74) is 0.0402. The van der Waals surface area contributed by atoms with Crippen molar-refractivity contribution < 1.29 is 18.0 Å². The Bertz CT molecular complexity index is 1020. The molecular formula is C19H17F3N4O2. The molecule has 1 aromatic carbocycles. The van der Waals surface area contributed by atoms with Crippen molar-refractivity contribution in [3.05, 3.63) is 82.4 Å². The second-order valence-electron chi connectivity index (χ2n) is 6.08. The highest BCUT2D eigenvalue weighted by Crippen LogP contribution is 2.20. The van der Waals surface area contributed by atoms with Gasteiger partial charge in [-0.1, -0.05) is 36.4 Å². The quantitative estimate of drug-likeness (QED) is 0.676. The third-order valence-electron chi connectivity index (χ3n) is 4.12. The van der Waals surface area contributed by atoms with Crippen molar-refractivity contribution >= 4 is 11.6 Å². The van der Waals surface area contributed by atoms with E-state index in [9.17, 15) is 22.8 Å². The van der Waals surface area contributed by atoms with Crippen LogP contribution in [0.25, 0.3) is 5.65 Å². The molecule has 1 atom stereocenters. The Hall–Kier alpha value is -3.20. The van der Waals surface area contributed by atoms with E-state index in [2.05, 4.69) is 15.6 Å². The third kappa shape index (κ3) is 4.55. The van der Waals surface area contributed by atoms with Gasteiger partial charge in [0.25, 0.3) is 11.5 Å². The van der Waals surface area contributed by atoms with Gasteiger partial charge in [-0.2, -0.15) is 13.2 Å². The molecule has 146 valence electrons. The molecular weight excluding hydrogens is 373 g/mol. The average Bonchev–Trinajstić information content (AvgIpc) is 2.68. The molecule has 0 bridgehead atoms. The molecule has 2 N–H and O–H groups in total. The van der Waals surface area contributed by atoms with Crippen molar-refractivity contribution in [1.29, 1.82) is 0 Å². The molecule has 3 aromatic rings. The molecule has 0 saturated heterocycles. The molecule has 0 spiro atoms. The van der Waals surface area contributed by atoms with Crippen LogP contribution in [0.3, 0.4) is 0 Å². The van der Waals surface area contributed by atoms with E-state index in [-0.39, 0.29) is 12.1 Å². The van der Waals surface area contributed by atoms with E-state index in [1.54, 1.807) is 48.5 Å². The van der Waals surface area contributed by atoms with Crippen LogP contribution in [0.4, 0.5) is 13.2 Å². The molecule has 0 fully saturated rings. The number of pyridine rings is 1. The SMILES string of the molecule is O=C(NC[C@H](NCc1ccccc1)C(F)(F)F)c1cnc2ccccn2c1=O. The van der Waals surface area contributed by atoms with Crippen molar-refractivity contribution in [3.63, 3.8) is 0 Å². The summed E-state index contributed by atoms with van der Waals surface area (Å²) in [7, 11) is 0. The largest absolute Gasteiger partial charge is 0.405 e.